The summed E-state index contributed by atoms with van der Waals surface area (Å²) in [4.78, 5) is 30.3. The van der Waals surface area contributed by atoms with E-state index >= 15 is 0 Å². The standard InChI is InChI=1S/C21H19Cl2N3O2S/c1-4-9-26-20(28)16-7-5-13(10-18(16)24-21(26)29)19(27)25(3)12(2)15-8-6-14(22)11-17(15)23/h4-8,10-12H,1,9H2,2-3H3,(H,24,29). The number of allylic oxidation sites excluding steroid dienone is 1. The van der Waals surface area contributed by atoms with Crippen LogP contribution in [0.15, 0.2) is 53.8 Å². The number of hydrogen-bond acceptors (Lipinski definition) is 3. The van der Waals surface area contributed by atoms with Gasteiger partial charge >= 0.3 is 0 Å². The first-order valence-corrected chi connectivity index (χ1v) is 10.0. The van der Waals surface area contributed by atoms with E-state index in [0.717, 1.165) is 5.56 Å². The van der Waals surface area contributed by atoms with Crippen molar-refractivity contribution >= 4 is 52.2 Å². The third-order valence-electron chi connectivity index (χ3n) is 4.85. The number of hydrogen-bond donors (Lipinski definition) is 1. The van der Waals surface area contributed by atoms with E-state index in [1.54, 1.807) is 54.4 Å². The summed E-state index contributed by atoms with van der Waals surface area (Å²) >= 11 is 17.5. The smallest absolute Gasteiger partial charge is 0.262 e. The Morgan fingerprint density at radius 2 is 2.03 bits per heavy atom. The van der Waals surface area contributed by atoms with E-state index < -0.39 is 0 Å². The molecule has 5 nitrogen and oxygen atoms in total. The molecule has 3 aromatic rings. The van der Waals surface area contributed by atoms with Gasteiger partial charge in [0.15, 0.2) is 4.77 Å². The molecule has 1 unspecified atom stereocenters. The third kappa shape index (κ3) is 4.15. The van der Waals surface area contributed by atoms with Crippen molar-refractivity contribution in [3.63, 3.8) is 0 Å². The predicted octanol–water partition coefficient (Wildman–Crippen LogP) is 5.39. The molecular weight excluding hydrogens is 429 g/mol. The van der Waals surface area contributed by atoms with Crippen LogP contribution in [0.1, 0.15) is 28.9 Å². The SMILES string of the molecule is C=CCn1c(=S)[nH]c2cc(C(=O)N(C)C(C)c3ccc(Cl)cc3Cl)ccc2c1=O. The quantitative estimate of drug-likeness (QED) is 0.421. The number of amides is 1. The van der Waals surface area contributed by atoms with Crippen molar-refractivity contribution in [2.75, 3.05) is 7.05 Å². The number of carbonyl (C=O) groups is 1. The maximum Gasteiger partial charge on any atom is 0.262 e. The minimum absolute atomic E-state index is 0.208. The largest absolute Gasteiger partial charge is 0.335 e. The van der Waals surface area contributed by atoms with E-state index in [1.807, 2.05) is 6.92 Å². The average Bonchev–Trinajstić information content (AvgIpc) is 2.69. The first-order chi connectivity index (χ1) is 13.7. The van der Waals surface area contributed by atoms with Gasteiger partial charge in [-0.2, -0.15) is 0 Å². The maximum absolute atomic E-state index is 13.0. The Hall–Kier alpha value is -2.41. The van der Waals surface area contributed by atoms with Crippen LogP contribution in [-0.2, 0) is 6.54 Å². The van der Waals surface area contributed by atoms with E-state index in [4.69, 9.17) is 35.4 Å². The predicted molar refractivity (Wildman–Crippen MR) is 121 cm³/mol. The third-order valence-corrected chi connectivity index (χ3v) is 5.74. The molecule has 0 spiro atoms. The summed E-state index contributed by atoms with van der Waals surface area (Å²) in [5, 5.41) is 1.48. The number of benzene rings is 2. The minimum atomic E-state index is -0.276. The number of carbonyl (C=O) groups excluding carboxylic acids is 1. The van der Waals surface area contributed by atoms with Gasteiger partial charge in [-0.15, -0.1) is 6.58 Å². The van der Waals surface area contributed by atoms with Crippen LogP contribution in [0.2, 0.25) is 10.0 Å². The van der Waals surface area contributed by atoms with Crippen LogP contribution >= 0.6 is 35.4 Å². The van der Waals surface area contributed by atoms with Crippen molar-refractivity contribution in [1.82, 2.24) is 14.5 Å². The van der Waals surface area contributed by atoms with E-state index in [1.165, 1.54) is 4.57 Å². The zero-order chi connectivity index (χ0) is 21.3. The lowest BCUT2D eigenvalue weighted by Gasteiger charge is -2.26. The van der Waals surface area contributed by atoms with Gasteiger partial charge < -0.3 is 9.88 Å². The molecule has 3 rings (SSSR count). The van der Waals surface area contributed by atoms with Crippen molar-refractivity contribution in [3.8, 4) is 0 Å². The Bertz CT molecular complexity index is 1230. The topological polar surface area (TPSA) is 58.1 Å². The zero-order valence-corrected chi connectivity index (χ0v) is 18.2. The average molecular weight is 448 g/mol. The molecule has 1 heterocycles. The molecule has 29 heavy (non-hydrogen) atoms. The summed E-state index contributed by atoms with van der Waals surface area (Å²) in [6, 6.07) is 9.82. The van der Waals surface area contributed by atoms with Crippen molar-refractivity contribution in [2.45, 2.75) is 19.5 Å². The molecule has 0 saturated carbocycles. The van der Waals surface area contributed by atoms with E-state index in [0.29, 0.717) is 33.1 Å². The van der Waals surface area contributed by atoms with E-state index in [9.17, 15) is 9.59 Å². The highest BCUT2D eigenvalue weighted by Gasteiger charge is 2.21. The highest BCUT2D eigenvalue weighted by atomic mass is 35.5. The number of H-pyrrole nitrogens is 1. The Morgan fingerprint density at radius 3 is 2.69 bits per heavy atom. The monoisotopic (exact) mass is 447 g/mol. The summed E-state index contributed by atoms with van der Waals surface area (Å²) in [6.07, 6.45) is 1.60. The molecule has 0 saturated heterocycles. The number of nitrogens with one attached hydrogen (secondary N) is 1. The molecule has 0 bridgehead atoms. The highest BCUT2D eigenvalue weighted by Crippen LogP contribution is 2.30. The van der Waals surface area contributed by atoms with Gasteiger partial charge in [0.2, 0.25) is 0 Å². The number of halogens is 2. The number of rotatable bonds is 5. The number of fused-ring (bicyclic) bond motifs is 1. The Balaban J connectivity index is 1.98. The summed E-state index contributed by atoms with van der Waals surface area (Å²) in [6.45, 7) is 5.84. The van der Waals surface area contributed by atoms with Crippen molar-refractivity contribution in [3.05, 3.63) is 85.4 Å². The number of aromatic nitrogens is 2. The second-order valence-electron chi connectivity index (χ2n) is 6.65. The second-order valence-corrected chi connectivity index (χ2v) is 7.88. The normalized spacial score (nSPS) is 12.0. The lowest BCUT2D eigenvalue weighted by molar-refractivity contribution is 0.0743. The van der Waals surface area contributed by atoms with Crippen molar-refractivity contribution < 1.29 is 4.79 Å². The molecule has 0 aliphatic carbocycles. The summed E-state index contributed by atoms with van der Waals surface area (Å²) in [5.41, 5.74) is 1.51. The summed E-state index contributed by atoms with van der Waals surface area (Å²) in [5.74, 6) is -0.208. The fraction of sp³-hybridized carbons (Fsp3) is 0.190. The fourth-order valence-corrected chi connectivity index (χ4v) is 3.94. The van der Waals surface area contributed by atoms with Gasteiger partial charge in [-0.1, -0.05) is 35.3 Å². The Labute approximate surface area is 183 Å². The summed E-state index contributed by atoms with van der Waals surface area (Å²) in [7, 11) is 1.70. The van der Waals surface area contributed by atoms with Gasteiger partial charge in [0.25, 0.3) is 11.5 Å². The van der Waals surface area contributed by atoms with Crippen LogP contribution in [0, 0.1) is 4.77 Å². The van der Waals surface area contributed by atoms with Gasteiger partial charge in [0.1, 0.15) is 0 Å². The van der Waals surface area contributed by atoms with E-state index in [-0.39, 0.29) is 22.3 Å². The molecule has 1 aromatic heterocycles. The first-order valence-electron chi connectivity index (χ1n) is 8.84. The second kappa shape index (κ2) is 8.53. The number of aromatic amines is 1. The fourth-order valence-electron chi connectivity index (χ4n) is 3.11. The molecule has 8 heteroatoms. The van der Waals surface area contributed by atoms with Crippen molar-refractivity contribution in [2.24, 2.45) is 0 Å². The molecular formula is C21H19Cl2N3O2S. The molecule has 0 fully saturated rings. The molecule has 1 amide bonds. The first kappa shape index (κ1) is 21.3. The molecule has 0 aliphatic heterocycles. The molecule has 0 aliphatic rings. The van der Waals surface area contributed by atoms with Gasteiger partial charge in [-0.3, -0.25) is 14.2 Å². The van der Waals surface area contributed by atoms with Crippen LogP contribution in [0.3, 0.4) is 0 Å². The van der Waals surface area contributed by atoms with Gasteiger partial charge in [-0.05, 0) is 55.0 Å². The lowest BCUT2D eigenvalue weighted by Crippen LogP contribution is -2.30. The van der Waals surface area contributed by atoms with Crippen LogP contribution in [0.5, 0.6) is 0 Å². The molecule has 2 aromatic carbocycles. The Kier molecular flexibility index (Phi) is 6.27. The molecule has 1 N–H and O–H groups in total. The zero-order valence-electron chi connectivity index (χ0n) is 15.9. The minimum Gasteiger partial charge on any atom is -0.335 e. The van der Waals surface area contributed by atoms with Crippen LogP contribution in [-0.4, -0.2) is 27.4 Å². The molecule has 0 radical (unpaired) electrons. The van der Waals surface area contributed by atoms with Crippen LogP contribution in [0.25, 0.3) is 10.9 Å². The van der Waals surface area contributed by atoms with Crippen molar-refractivity contribution in [1.29, 1.82) is 0 Å². The van der Waals surface area contributed by atoms with Gasteiger partial charge in [0, 0.05) is 29.2 Å². The maximum atomic E-state index is 13.0. The highest BCUT2D eigenvalue weighted by molar-refractivity contribution is 7.71. The molecule has 1 atom stereocenters. The lowest BCUT2D eigenvalue weighted by atomic mass is 10.1. The Morgan fingerprint density at radius 1 is 1.31 bits per heavy atom. The van der Waals surface area contributed by atoms with Gasteiger partial charge in [-0.25, -0.2) is 0 Å². The molecule has 150 valence electrons. The summed E-state index contributed by atoms with van der Waals surface area (Å²) < 4.78 is 1.70. The van der Waals surface area contributed by atoms with E-state index in [2.05, 4.69) is 11.6 Å². The van der Waals surface area contributed by atoms with Crippen LogP contribution in [0.4, 0.5) is 0 Å². The van der Waals surface area contributed by atoms with Gasteiger partial charge in [0.05, 0.1) is 16.9 Å². The van der Waals surface area contributed by atoms with Crippen LogP contribution < -0.4 is 5.56 Å². The number of nitrogens with zero attached hydrogens (tertiary/aromatic N) is 2.